The molecule has 37 heavy (non-hydrogen) atoms. The lowest BCUT2D eigenvalue weighted by Crippen LogP contribution is -1.78. The molecule has 0 saturated heterocycles. The van der Waals surface area contributed by atoms with Crippen LogP contribution in [0.4, 0.5) is 0 Å². The SMILES string of the molecule is C.C.C.CCc1ccc(C)cc1.CCc1cccc(C)c1.CCc1ccccc1.CCc1ccncc1. The zero-order chi connectivity index (χ0) is 25.0. The van der Waals surface area contributed by atoms with Crippen LogP contribution in [0.2, 0.25) is 0 Å². The summed E-state index contributed by atoms with van der Waals surface area (Å²) in [6.45, 7) is 12.9. The van der Waals surface area contributed by atoms with Crippen LogP contribution in [-0.4, -0.2) is 4.98 Å². The van der Waals surface area contributed by atoms with Crippen molar-refractivity contribution in [3.05, 3.63) is 137 Å². The topological polar surface area (TPSA) is 12.9 Å². The Morgan fingerprint density at radius 1 is 0.432 bits per heavy atom. The van der Waals surface area contributed by atoms with Crippen molar-refractivity contribution in [3.8, 4) is 0 Å². The zero-order valence-corrected chi connectivity index (χ0v) is 22.1. The molecule has 0 unspecified atom stereocenters. The summed E-state index contributed by atoms with van der Waals surface area (Å²) >= 11 is 0. The predicted molar refractivity (Wildman–Crippen MR) is 171 cm³/mol. The number of benzene rings is 3. The average Bonchev–Trinajstić information content (AvgIpc) is 2.91. The van der Waals surface area contributed by atoms with E-state index in [0.29, 0.717) is 0 Å². The molecule has 0 atom stereocenters. The van der Waals surface area contributed by atoms with Crippen LogP contribution in [0.1, 0.15) is 83.4 Å². The number of nitrogens with zero attached hydrogens (tertiary/aromatic N) is 1. The van der Waals surface area contributed by atoms with E-state index in [1.54, 1.807) is 0 Å². The van der Waals surface area contributed by atoms with E-state index in [0.717, 1.165) is 25.7 Å². The fourth-order valence-corrected chi connectivity index (χ4v) is 3.09. The van der Waals surface area contributed by atoms with Gasteiger partial charge in [0, 0.05) is 12.4 Å². The van der Waals surface area contributed by atoms with Gasteiger partial charge in [-0.25, -0.2) is 0 Å². The minimum Gasteiger partial charge on any atom is -0.265 e. The van der Waals surface area contributed by atoms with Gasteiger partial charge in [-0.3, -0.25) is 4.98 Å². The molecule has 4 aromatic rings. The van der Waals surface area contributed by atoms with Gasteiger partial charge in [-0.05, 0) is 73.9 Å². The smallest absolute Gasteiger partial charge is 0.0270 e. The molecule has 0 radical (unpaired) electrons. The monoisotopic (exact) mass is 501 g/mol. The minimum absolute atomic E-state index is 0. The Morgan fingerprint density at radius 3 is 1.24 bits per heavy atom. The molecular weight excluding hydrogens is 446 g/mol. The van der Waals surface area contributed by atoms with Gasteiger partial charge >= 0.3 is 0 Å². The van der Waals surface area contributed by atoms with Crippen LogP contribution in [0.3, 0.4) is 0 Å². The third-order valence-corrected chi connectivity index (χ3v) is 5.43. The summed E-state index contributed by atoms with van der Waals surface area (Å²) in [5.41, 5.74) is 8.30. The Hall–Kier alpha value is -3.19. The van der Waals surface area contributed by atoms with Crippen LogP contribution in [0.25, 0.3) is 0 Å². The molecule has 1 aromatic heterocycles. The number of aryl methyl sites for hydroxylation is 6. The van der Waals surface area contributed by atoms with Crippen molar-refractivity contribution in [1.82, 2.24) is 4.98 Å². The zero-order valence-electron chi connectivity index (χ0n) is 22.1. The van der Waals surface area contributed by atoms with E-state index in [4.69, 9.17) is 0 Å². The summed E-state index contributed by atoms with van der Waals surface area (Å²) in [4.78, 5) is 3.89. The molecule has 0 aliphatic rings. The van der Waals surface area contributed by atoms with Gasteiger partial charge in [-0.15, -0.1) is 0 Å². The van der Waals surface area contributed by atoms with E-state index in [-0.39, 0.29) is 22.3 Å². The second-order valence-electron chi connectivity index (χ2n) is 8.23. The van der Waals surface area contributed by atoms with Gasteiger partial charge in [0.25, 0.3) is 0 Å². The molecule has 0 bridgehead atoms. The maximum absolute atomic E-state index is 3.89. The maximum atomic E-state index is 3.89. The summed E-state index contributed by atoms with van der Waals surface area (Å²) in [6.07, 6.45) is 8.16. The number of pyridine rings is 1. The van der Waals surface area contributed by atoms with Gasteiger partial charge in [-0.1, -0.05) is 140 Å². The van der Waals surface area contributed by atoms with Crippen LogP contribution < -0.4 is 0 Å². The summed E-state index contributed by atoms with van der Waals surface area (Å²) in [6, 6.07) is 31.8. The molecule has 0 fully saturated rings. The molecule has 0 spiro atoms. The largest absolute Gasteiger partial charge is 0.265 e. The highest BCUT2D eigenvalue weighted by atomic mass is 14.6. The lowest BCUT2D eigenvalue weighted by Gasteiger charge is -1.95. The van der Waals surface area contributed by atoms with E-state index in [9.17, 15) is 0 Å². The Morgan fingerprint density at radius 2 is 0.865 bits per heavy atom. The van der Waals surface area contributed by atoms with E-state index in [2.05, 4.69) is 119 Å². The minimum atomic E-state index is 0. The van der Waals surface area contributed by atoms with Gasteiger partial charge < -0.3 is 0 Å². The summed E-state index contributed by atoms with van der Waals surface area (Å²) in [5, 5.41) is 0. The normalized spacial score (nSPS) is 8.59. The Bertz CT molecular complexity index is 950. The first-order valence-electron chi connectivity index (χ1n) is 12.6. The molecule has 204 valence electrons. The van der Waals surface area contributed by atoms with Crippen LogP contribution in [-0.2, 0) is 25.7 Å². The van der Waals surface area contributed by atoms with E-state index >= 15 is 0 Å². The number of hydrogen-bond donors (Lipinski definition) is 0. The van der Waals surface area contributed by atoms with Crippen molar-refractivity contribution in [1.29, 1.82) is 0 Å². The third-order valence-electron chi connectivity index (χ3n) is 5.43. The molecule has 3 aromatic carbocycles. The van der Waals surface area contributed by atoms with Crippen molar-refractivity contribution in [3.63, 3.8) is 0 Å². The standard InChI is InChI=1S/2C9H12.C8H10.C7H9N.3CH4/c1-3-9-6-4-8(2)5-7-9;1-3-9-6-4-5-8(2)7-9;1-2-8-6-4-3-5-7-8;1-2-7-3-5-8-6-4-7;;;/h2*4-7H,3H2,1-2H3;3-7H,2H2,1H3;3-6H,2H2,1H3;3*1H4. The van der Waals surface area contributed by atoms with Crippen molar-refractivity contribution < 1.29 is 0 Å². The molecule has 1 heterocycles. The lowest BCUT2D eigenvalue weighted by atomic mass is 10.1. The summed E-state index contributed by atoms with van der Waals surface area (Å²) in [7, 11) is 0. The first-order chi connectivity index (χ1) is 16.5. The van der Waals surface area contributed by atoms with Gasteiger partial charge in [0.2, 0.25) is 0 Å². The molecular formula is C36H55N. The van der Waals surface area contributed by atoms with Gasteiger partial charge in [0.15, 0.2) is 0 Å². The lowest BCUT2D eigenvalue weighted by molar-refractivity contribution is 1.12. The Balaban J connectivity index is -0.000000406. The third kappa shape index (κ3) is 18.7. The van der Waals surface area contributed by atoms with Crippen molar-refractivity contribution in [2.75, 3.05) is 0 Å². The quantitative estimate of drug-likeness (QED) is 0.271. The van der Waals surface area contributed by atoms with E-state index in [1.807, 2.05) is 30.6 Å². The Kier molecular flexibility index (Phi) is 25.4. The van der Waals surface area contributed by atoms with Crippen molar-refractivity contribution >= 4 is 0 Å². The van der Waals surface area contributed by atoms with Crippen LogP contribution in [0.5, 0.6) is 0 Å². The van der Waals surface area contributed by atoms with Crippen LogP contribution in [0, 0.1) is 13.8 Å². The number of rotatable bonds is 4. The van der Waals surface area contributed by atoms with Crippen LogP contribution >= 0.6 is 0 Å². The predicted octanol–water partition coefficient (Wildman–Crippen LogP) is 10.9. The fraction of sp³-hybridized carbons (Fsp3) is 0.361. The maximum Gasteiger partial charge on any atom is 0.0270 e. The highest BCUT2D eigenvalue weighted by Crippen LogP contribution is 2.03. The first kappa shape index (κ1) is 38.3. The van der Waals surface area contributed by atoms with E-state index < -0.39 is 0 Å². The second-order valence-corrected chi connectivity index (χ2v) is 8.23. The van der Waals surface area contributed by atoms with E-state index in [1.165, 1.54) is 33.4 Å². The fourth-order valence-electron chi connectivity index (χ4n) is 3.09. The number of aromatic nitrogens is 1. The molecule has 0 aliphatic heterocycles. The van der Waals surface area contributed by atoms with Gasteiger partial charge in [0.05, 0.1) is 0 Å². The molecule has 0 aliphatic carbocycles. The number of hydrogen-bond acceptors (Lipinski definition) is 1. The Labute approximate surface area is 231 Å². The average molecular weight is 502 g/mol. The highest BCUT2D eigenvalue weighted by Gasteiger charge is 1.86. The summed E-state index contributed by atoms with van der Waals surface area (Å²) < 4.78 is 0. The molecule has 1 heteroatoms. The second kappa shape index (κ2) is 24.5. The summed E-state index contributed by atoms with van der Waals surface area (Å²) in [5.74, 6) is 0. The van der Waals surface area contributed by atoms with Crippen molar-refractivity contribution in [2.24, 2.45) is 0 Å². The van der Waals surface area contributed by atoms with Crippen molar-refractivity contribution in [2.45, 2.75) is 89.5 Å². The highest BCUT2D eigenvalue weighted by molar-refractivity contribution is 5.22. The molecule has 0 amide bonds. The first-order valence-corrected chi connectivity index (χ1v) is 12.6. The molecule has 1 nitrogen and oxygen atoms in total. The van der Waals surface area contributed by atoms with Gasteiger partial charge in [-0.2, -0.15) is 0 Å². The van der Waals surface area contributed by atoms with Gasteiger partial charge in [0.1, 0.15) is 0 Å². The molecule has 0 N–H and O–H groups in total. The van der Waals surface area contributed by atoms with Crippen LogP contribution in [0.15, 0.2) is 103 Å². The molecule has 0 saturated carbocycles. The molecule has 4 rings (SSSR count).